The van der Waals surface area contributed by atoms with Gasteiger partial charge in [-0.1, -0.05) is 23.2 Å². The number of fused-ring (bicyclic) bond motifs is 1. The average Bonchev–Trinajstić information content (AvgIpc) is 3.28. The number of nitrogens with zero attached hydrogens (tertiary/aromatic N) is 1. The fraction of sp³-hybridized carbons (Fsp3) is 0.190. The number of carbonyl (C=O) groups excluding carboxylic acids is 1. The van der Waals surface area contributed by atoms with E-state index in [4.69, 9.17) is 27.6 Å². The van der Waals surface area contributed by atoms with Gasteiger partial charge in [0.15, 0.2) is 0 Å². The molecule has 2 aromatic carbocycles. The first-order valence-corrected chi connectivity index (χ1v) is 9.46. The van der Waals surface area contributed by atoms with Crippen molar-refractivity contribution >= 4 is 40.5 Å². The van der Waals surface area contributed by atoms with E-state index in [0.717, 1.165) is 41.4 Å². The zero-order valence-corrected chi connectivity index (χ0v) is 16.3. The molecule has 4 rings (SSSR count). The van der Waals surface area contributed by atoms with Crippen LogP contribution in [0.25, 0.3) is 11.3 Å². The number of amides is 1. The maximum absolute atomic E-state index is 11.6. The fourth-order valence-corrected chi connectivity index (χ4v) is 3.60. The van der Waals surface area contributed by atoms with Crippen LogP contribution in [-0.2, 0) is 17.8 Å². The van der Waals surface area contributed by atoms with E-state index in [0.29, 0.717) is 16.6 Å². The fourth-order valence-electron chi connectivity index (χ4n) is 3.31. The SMILES string of the molecule is CC(=O)N1CCc2cc(NCc3ccc(-c4ccc(Cl)c(Cl)c4)o3)ccc21. The number of hydrogen-bond donors (Lipinski definition) is 1. The molecular formula is C21H18Cl2N2O2. The van der Waals surface area contributed by atoms with E-state index in [1.165, 1.54) is 5.56 Å². The van der Waals surface area contributed by atoms with Crippen LogP contribution in [0.15, 0.2) is 52.9 Å². The predicted molar refractivity (Wildman–Crippen MR) is 110 cm³/mol. The average molecular weight is 401 g/mol. The first kappa shape index (κ1) is 18.0. The van der Waals surface area contributed by atoms with Crippen molar-refractivity contribution in [2.24, 2.45) is 0 Å². The van der Waals surface area contributed by atoms with Crippen molar-refractivity contribution in [3.05, 3.63) is 69.9 Å². The topological polar surface area (TPSA) is 45.5 Å². The standard InChI is InChI=1S/C21H18Cl2N2O2/c1-13(26)25-9-8-14-10-16(3-6-20(14)25)24-12-17-4-7-21(27-17)15-2-5-18(22)19(23)11-15/h2-7,10-11,24H,8-9,12H2,1H3. The lowest BCUT2D eigenvalue weighted by molar-refractivity contribution is -0.116. The molecule has 1 aliphatic heterocycles. The third kappa shape index (κ3) is 3.68. The normalized spacial score (nSPS) is 12.9. The largest absolute Gasteiger partial charge is 0.459 e. The van der Waals surface area contributed by atoms with Crippen LogP contribution in [0.4, 0.5) is 11.4 Å². The van der Waals surface area contributed by atoms with Crippen molar-refractivity contribution < 1.29 is 9.21 Å². The minimum absolute atomic E-state index is 0.0832. The monoisotopic (exact) mass is 400 g/mol. The third-order valence-corrected chi connectivity index (χ3v) is 5.43. The molecule has 138 valence electrons. The molecule has 4 nitrogen and oxygen atoms in total. The highest BCUT2D eigenvalue weighted by atomic mass is 35.5. The molecule has 1 aliphatic rings. The Morgan fingerprint density at radius 2 is 1.96 bits per heavy atom. The minimum Gasteiger partial charge on any atom is -0.459 e. The van der Waals surface area contributed by atoms with Crippen LogP contribution in [0.2, 0.25) is 10.0 Å². The maximum atomic E-state index is 11.6. The van der Waals surface area contributed by atoms with Gasteiger partial charge < -0.3 is 14.6 Å². The number of nitrogens with one attached hydrogen (secondary N) is 1. The van der Waals surface area contributed by atoms with Gasteiger partial charge in [-0.15, -0.1) is 0 Å². The number of carbonyl (C=O) groups is 1. The summed E-state index contributed by atoms with van der Waals surface area (Å²) in [4.78, 5) is 13.5. The number of halogens is 2. The number of anilines is 2. The predicted octanol–water partition coefficient (Wildman–Crippen LogP) is 5.77. The van der Waals surface area contributed by atoms with Gasteiger partial charge in [0.1, 0.15) is 11.5 Å². The highest BCUT2D eigenvalue weighted by Gasteiger charge is 2.22. The molecule has 0 radical (unpaired) electrons. The van der Waals surface area contributed by atoms with Gasteiger partial charge in [0.05, 0.1) is 16.6 Å². The van der Waals surface area contributed by atoms with E-state index < -0.39 is 0 Å². The first-order chi connectivity index (χ1) is 13.0. The van der Waals surface area contributed by atoms with Gasteiger partial charge in [-0.05, 0) is 60.5 Å². The highest BCUT2D eigenvalue weighted by Crippen LogP contribution is 2.32. The molecule has 0 aliphatic carbocycles. The summed E-state index contributed by atoms with van der Waals surface area (Å²) in [5.74, 6) is 1.65. The van der Waals surface area contributed by atoms with Gasteiger partial charge in [-0.3, -0.25) is 4.79 Å². The van der Waals surface area contributed by atoms with E-state index in [1.54, 1.807) is 19.1 Å². The van der Waals surface area contributed by atoms with E-state index in [9.17, 15) is 4.79 Å². The van der Waals surface area contributed by atoms with Crippen LogP contribution in [-0.4, -0.2) is 12.5 Å². The number of hydrogen-bond acceptors (Lipinski definition) is 3. The van der Waals surface area contributed by atoms with E-state index in [-0.39, 0.29) is 5.91 Å². The smallest absolute Gasteiger partial charge is 0.223 e. The Hall–Kier alpha value is -2.43. The Morgan fingerprint density at radius 3 is 2.74 bits per heavy atom. The number of rotatable bonds is 4. The Bertz CT molecular complexity index is 1010. The van der Waals surface area contributed by atoms with Crippen LogP contribution < -0.4 is 10.2 Å². The molecule has 1 N–H and O–H groups in total. The lowest BCUT2D eigenvalue weighted by Crippen LogP contribution is -2.25. The molecule has 0 saturated heterocycles. The Morgan fingerprint density at radius 1 is 1.11 bits per heavy atom. The zero-order chi connectivity index (χ0) is 19.0. The Kier molecular flexibility index (Phi) is 4.85. The van der Waals surface area contributed by atoms with Crippen molar-refractivity contribution in [1.29, 1.82) is 0 Å². The van der Waals surface area contributed by atoms with Crippen LogP contribution >= 0.6 is 23.2 Å². The van der Waals surface area contributed by atoms with E-state index in [1.807, 2.05) is 35.2 Å². The summed E-state index contributed by atoms with van der Waals surface area (Å²) in [6.45, 7) is 2.92. The second kappa shape index (κ2) is 7.29. The van der Waals surface area contributed by atoms with Crippen LogP contribution in [0.3, 0.4) is 0 Å². The summed E-state index contributed by atoms with van der Waals surface area (Å²) in [7, 11) is 0. The molecule has 3 aromatic rings. The molecule has 0 bridgehead atoms. The molecule has 27 heavy (non-hydrogen) atoms. The van der Waals surface area contributed by atoms with Crippen molar-refractivity contribution in [1.82, 2.24) is 0 Å². The summed E-state index contributed by atoms with van der Waals surface area (Å²) in [5.41, 5.74) is 4.09. The van der Waals surface area contributed by atoms with Gasteiger partial charge in [0.2, 0.25) is 5.91 Å². The zero-order valence-electron chi connectivity index (χ0n) is 14.8. The molecule has 0 unspecified atom stereocenters. The van der Waals surface area contributed by atoms with Crippen molar-refractivity contribution in [2.45, 2.75) is 19.9 Å². The highest BCUT2D eigenvalue weighted by molar-refractivity contribution is 6.42. The quantitative estimate of drug-likeness (QED) is 0.603. The molecule has 0 fully saturated rings. The van der Waals surface area contributed by atoms with Crippen LogP contribution in [0.1, 0.15) is 18.2 Å². The van der Waals surface area contributed by atoms with E-state index >= 15 is 0 Å². The van der Waals surface area contributed by atoms with Crippen molar-refractivity contribution in [2.75, 3.05) is 16.8 Å². The first-order valence-electron chi connectivity index (χ1n) is 8.70. The second-order valence-corrected chi connectivity index (χ2v) is 7.33. The van der Waals surface area contributed by atoms with E-state index in [2.05, 4.69) is 11.4 Å². The summed E-state index contributed by atoms with van der Waals surface area (Å²) in [6.07, 6.45) is 0.882. The van der Waals surface area contributed by atoms with Crippen molar-refractivity contribution in [3.8, 4) is 11.3 Å². The second-order valence-electron chi connectivity index (χ2n) is 6.51. The number of furan rings is 1. The minimum atomic E-state index is 0.0832. The lowest BCUT2D eigenvalue weighted by atomic mass is 10.1. The summed E-state index contributed by atoms with van der Waals surface area (Å²) in [6, 6.07) is 15.4. The maximum Gasteiger partial charge on any atom is 0.223 e. The summed E-state index contributed by atoms with van der Waals surface area (Å²) >= 11 is 12.0. The van der Waals surface area contributed by atoms with Crippen molar-refractivity contribution in [3.63, 3.8) is 0 Å². The number of benzene rings is 2. The van der Waals surface area contributed by atoms with Crippen LogP contribution in [0.5, 0.6) is 0 Å². The molecule has 6 heteroatoms. The summed E-state index contributed by atoms with van der Waals surface area (Å²) in [5, 5.41) is 4.40. The van der Waals surface area contributed by atoms with Crippen LogP contribution in [0, 0.1) is 0 Å². The third-order valence-electron chi connectivity index (χ3n) is 4.69. The molecule has 0 spiro atoms. The van der Waals surface area contributed by atoms with Gasteiger partial charge in [0, 0.05) is 30.4 Å². The molecule has 0 atom stereocenters. The Balaban J connectivity index is 1.45. The molecule has 1 amide bonds. The van der Waals surface area contributed by atoms with Gasteiger partial charge in [0.25, 0.3) is 0 Å². The summed E-state index contributed by atoms with van der Waals surface area (Å²) < 4.78 is 5.91. The van der Waals surface area contributed by atoms with Gasteiger partial charge in [-0.2, -0.15) is 0 Å². The van der Waals surface area contributed by atoms with Gasteiger partial charge >= 0.3 is 0 Å². The van der Waals surface area contributed by atoms with Gasteiger partial charge in [-0.25, -0.2) is 0 Å². The molecular weight excluding hydrogens is 383 g/mol. The lowest BCUT2D eigenvalue weighted by Gasteiger charge is -2.15. The molecule has 2 heterocycles. The molecule has 0 saturated carbocycles. The Labute approximate surface area is 167 Å². The molecule has 1 aromatic heterocycles.